The van der Waals surface area contributed by atoms with Gasteiger partial charge in [-0.3, -0.25) is 4.79 Å². The quantitative estimate of drug-likeness (QED) is 0.711. The third-order valence-corrected chi connectivity index (χ3v) is 3.39. The molecule has 1 aromatic rings. The number of aromatic nitrogens is 1. The van der Waals surface area contributed by atoms with Crippen molar-refractivity contribution in [3.8, 4) is 0 Å². The molecule has 0 bridgehead atoms. The summed E-state index contributed by atoms with van der Waals surface area (Å²) >= 11 is 1.45. The van der Waals surface area contributed by atoms with Gasteiger partial charge in [0.05, 0.1) is 0 Å². The highest BCUT2D eigenvalue weighted by atomic mass is 32.1. The maximum Gasteiger partial charge on any atom is 0.282 e. The number of hydrogen-bond donors (Lipinski definition) is 0. The number of carbonyl (C=O) groups is 1. The minimum absolute atomic E-state index is 0.114. The topological polar surface area (TPSA) is 33.2 Å². The third kappa shape index (κ3) is 1.95. The number of piperidine rings is 1. The van der Waals surface area contributed by atoms with Crippen LogP contribution in [0.3, 0.4) is 0 Å². The average Bonchev–Trinajstić information content (AvgIpc) is 2.65. The lowest BCUT2D eigenvalue weighted by molar-refractivity contribution is 0.0724. The summed E-state index contributed by atoms with van der Waals surface area (Å²) in [5.41, 5.74) is 0.940. The SMILES string of the molecule is Cc1csc(C(=O)N2CCCCC2)n1. The Labute approximate surface area is 87.8 Å². The van der Waals surface area contributed by atoms with Crippen LogP contribution in [0.4, 0.5) is 0 Å². The first kappa shape index (κ1) is 9.65. The molecule has 3 nitrogen and oxygen atoms in total. The van der Waals surface area contributed by atoms with Gasteiger partial charge in [0.25, 0.3) is 5.91 Å². The van der Waals surface area contributed by atoms with Crippen LogP contribution in [0, 0.1) is 6.92 Å². The maximum atomic E-state index is 11.9. The molecule has 1 fully saturated rings. The zero-order valence-electron chi connectivity index (χ0n) is 8.32. The second-order valence-corrected chi connectivity index (χ2v) is 4.51. The molecule has 0 radical (unpaired) electrons. The van der Waals surface area contributed by atoms with Crippen LogP contribution >= 0.6 is 11.3 Å². The number of carbonyl (C=O) groups excluding carboxylic acids is 1. The number of likely N-dealkylation sites (tertiary alicyclic amines) is 1. The van der Waals surface area contributed by atoms with E-state index in [1.165, 1.54) is 17.8 Å². The van der Waals surface area contributed by atoms with E-state index >= 15 is 0 Å². The highest BCUT2D eigenvalue weighted by molar-refractivity contribution is 7.11. The van der Waals surface area contributed by atoms with Gasteiger partial charge in [0.1, 0.15) is 0 Å². The lowest BCUT2D eigenvalue weighted by Gasteiger charge is -2.25. The van der Waals surface area contributed by atoms with E-state index in [2.05, 4.69) is 4.98 Å². The second kappa shape index (κ2) is 4.09. The van der Waals surface area contributed by atoms with E-state index in [1.54, 1.807) is 0 Å². The molecule has 0 spiro atoms. The zero-order valence-corrected chi connectivity index (χ0v) is 9.14. The van der Waals surface area contributed by atoms with Crippen LogP contribution in [0.15, 0.2) is 5.38 Å². The van der Waals surface area contributed by atoms with Gasteiger partial charge in [-0.05, 0) is 26.2 Å². The molecular weight excluding hydrogens is 196 g/mol. The van der Waals surface area contributed by atoms with Crippen molar-refractivity contribution in [3.63, 3.8) is 0 Å². The smallest absolute Gasteiger partial charge is 0.282 e. The summed E-state index contributed by atoms with van der Waals surface area (Å²) in [6.45, 7) is 3.72. The van der Waals surface area contributed by atoms with Crippen LogP contribution in [0.25, 0.3) is 0 Å². The van der Waals surface area contributed by atoms with Crippen LogP contribution in [0.2, 0.25) is 0 Å². The van der Waals surface area contributed by atoms with Crippen LogP contribution in [-0.2, 0) is 0 Å². The Morgan fingerprint density at radius 3 is 2.71 bits per heavy atom. The van der Waals surface area contributed by atoms with Crippen LogP contribution in [0.1, 0.15) is 34.8 Å². The number of hydrogen-bond acceptors (Lipinski definition) is 3. The van der Waals surface area contributed by atoms with Gasteiger partial charge in [-0.25, -0.2) is 4.98 Å². The molecule has 0 aliphatic carbocycles. The van der Waals surface area contributed by atoms with Crippen molar-refractivity contribution in [2.75, 3.05) is 13.1 Å². The Hall–Kier alpha value is -0.900. The summed E-state index contributed by atoms with van der Waals surface area (Å²) in [6.07, 6.45) is 3.52. The molecule has 76 valence electrons. The number of nitrogens with zero attached hydrogens (tertiary/aromatic N) is 2. The first-order valence-electron chi connectivity index (χ1n) is 4.99. The van der Waals surface area contributed by atoms with Crippen molar-refractivity contribution in [1.29, 1.82) is 0 Å². The van der Waals surface area contributed by atoms with Crippen LogP contribution in [-0.4, -0.2) is 28.9 Å². The largest absolute Gasteiger partial charge is 0.337 e. The molecule has 1 aliphatic rings. The molecule has 2 rings (SSSR count). The first-order valence-corrected chi connectivity index (χ1v) is 5.87. The standard InChI is InChI=1S/C10H14N2OS/c1-8-7-14-9(11-8)10(13)12-5-3-2-4-6-12/h7H,2-6H2,1H3. The van der Waals surface area contributed by atoms with Crippen molar-refractivity contribution >= 4 is 17.2 Å². The number of thiazole rings is 1. The van der Waals surface area contributed by atoms with Gasteiger partial charge in [-0.15, -0.1) is 11.3 Å². The summed E-state index contributed by atoms with van der Waals surface area (Å²) in [7, 11) is 0. The molecule has 4 heteroatoms. The number of rotatable bonds is 1. The minimum Gasteiger partial charge on any atom is -0.337 e. The average molecular weight is 210 g/mol. The van der Waals surface area contributed by atoms with Crippen LogP contribution in [0.5, 0.6) is 0 Å². The normalized spacial score (nSPS) is 17.1. The predicted molar refractivity (Wildman–Crippen MR) is 56.6 cm³/mol. The monoisotopic (exact) mass is 210 g/mol. The second-order valence-electron chi connectivity index (χ2n) is 3.65. The molecule has 0 unspecified atom stereocenters. The molecule has 0 saturated carbocycles. The van der Waals surface area contributed by atoms with Crippen LogP contribution < -0.4 is 0 Å². The van der Waals surface area contributed by atoms with Gasteiger partial charge >= 0.3 is 0 Å². The van der Waals surface area contributed by atoms with Crippen molar-refractivity contribution in [3.05, 3.63) is 16.1 Å². The van der Waals surface area contributed by atoms with Crippen molar-refractivity contribution < 1.29 is 4.79 Å². The van der Waals surface area contributed by atoms with Gasteiger partial charge in [0, 0.05) is 24.2 Å². The maximum absolute atomic E-state index is 11.9. The molecule has 14 heavy (non-hydrogen) atoms. The molecule has 1 saturated heterocycles. The molecule has 0 atom stereocenters. The van der Waals surface area contributed by atoms with E-state index in [9.17, 15) is 4.79 Å². The lowest BCUT2D eigenvalue weighted by atomic mass is 10.1. The third-order valence-electron chi connectivity index (χ3n) is 2.45. The fourth-order valence-electron chi connectivity index (χ4n) is 1.68. The molecule has 0 N–H and O–H groups in total. The number of aryl methyl sites for hydroxylation is 1. The van der Waals surface area contributed by atoms with E-state index < -0.39 is 0 Å². The lowest BCUT2D eigenvalue weighted by Crippen LogP contribution is -2.35. The van der Waals surface area contributed by atoms with Gasteiger partial charge in [0.15, 0.2) is 5.01 Å². The highest BCUT2D eigenvalue weighted by Gasteiger charge is 2.20. The van der Waals surface area contributed by atoms with Crippen molar-refractivity contribution in [1.82, 2.24) is 9.88 Å². The van der Waals surface area contributed by atoms with Gasteiger partial charge in [-0.1, -0.05) is 0 Å². The van der Waals surface area contributed by atoms with Crippen molar-refractivity contribution in [2.24, 2.45) is 0 Å². The molecule has 1 aliphatic heterocycles. The summed E-state index contributed by atoms with van der Waals surface area (Å²) in [4.78, 5) is 18.0. The number of amides is 1. The van der Waals surface area contributed by atoms with Gasteiger partial charge < -0.3 is 4.90 Å². The summed E-state index contributed by atoms with van der Waals surface area (Å²) in [5.74, 6) is 0.114. The summed E-state index contributed by atoms with van der Waals surface area (Å²) < 4.78 is 0. The van der Waals surface area contributed by atoms with Gasteiger partial charge in [0.2, 0.25) is 0 Å². The molecule has 2 heterocycles. The van der Waals surface area contributed by atoms with E-state index in [1.807, 2.05) is 17.2 Å². The summed E-state index contributed by atoms with van der Waals surface area (Å²) in [5, 5.41) is 2.57. The highest BCUT2D eigenvalue weighted by Crippen LogP contribution is 2.15. The molecule has 0 aromatic carbocycles. The van der Waals surface area contributed by atoms with Crippen molar-refractivity contribution in [2.45, 2.75) is 26.2 Å². The van der Waals surface area contributed by atoms with E-state index in [-0.39, 0.29) is 5.91 Å². The fraction of sp³-hybridized carbons (Fsp3) is 0.600. The Morgan fingerprint density at radius 2 is 2.14 bits per heavy atom. The Morgan fingerprint density at radius 1 is 1.43 bits per heavy atom. The van der Waals surface area contributed by atoms with E-state index in [4.69, 9.17) is 0 Å². The first-order chi connectivity index (χ1) is 6.77. The molecule has 1 aromatic heterocycles. The van der Waals surface area contributed by atoms with Gasteiger partial charge in [-0.2, -0.15) is 0 Å². The zero-order chi connectivity index (χ0) is 9.97. The molecular formula is C10H14N2OS. The predicted octanol–water partition coefficient (Wildman–Crippen LogP) is 2.08. The Kier molecular flexibility index (Phi) is 2.82. The minimum atomic E-state index is 0.114. The Bertz CT molecular complexity index is 329. The van der Waals surface area contributed by atoms with E-state index in [0.29, 0.717) is 5.01 Å². The van der Waals surface area contributed by atoms with E-state index in [0.717, 1.165) is 31.6 Å². The summed E-state index contributed by atoms with van der Waals surface area (Å²) in [6, 6.07) is 0. The fourth-order valence-corrected chi connectivity index (χ4v) is 2.45. The molecule has 1 amide bonds. The Balaban J connectivity index is 2.07.